The van der Waals surface area contributed by atoms with Gasteiger partial charge in [-0.2, -0.15) is 0 Å². The van der Waals surface area contributed by atoms with Crippen molar-refractivity contribution >= 4 is 11.8 Å². The van der Waals surface area contributed by atoms with E-state index in [-0.39, 0.29) is 30.9 Å². The highest BCUT2D eigenvalue weighted by molar-refractivity contribution is 5.85. The number of carbonyl (C=O) groups excluding carboxylic acids is 2. The van der Waals surface area contributed by atoms with Crippen molar-refractivity contribution in [3.63, 3.8) is 0 Å². The number of benzene rings is 3. The Morgan fingerprint density at radius 3 is 1.93 bits per heavy atom. The summed E-state index contributed by atoms with van der Waals surface area (Å²) in [6.07, 6.45) is 2.05. The van der Waals surface area contributed by atoms with Crippen molar-refractivity contribution in [3.8, 4) is 0 Å². The smallest absolute Gasteiger partial charge is 0.249 e. The Balaban J connectivity index is 1.47. The Morgan fingerprint density at radius 2 is 1.30 bits per heavy atom. The quantitative estimate of drug-likeness (QED) is 0.205. The molecule has 0 saturated carbocycles. The summed E-state index contributed by atoms with van der Waals surface area (Å²) >= 11 is 0. The molecule has 6 nitrogen and oxygen atoms in total. The lowest BCUT2D eigenvalue weighted by atomic mass is 10.2. The second-order valence-corrected chi connectivity index (χ2v) is 10.5. The lowest BCUT2D eigenvalue weighted by Gasteiger charge is -2.29. The summed E-state index contributed by atoms with van der Waals surface area (Å²) < 4.78 is 7.90. The third-order valence-electron chi connectivity index (χ3n) is 6.64. The maximum atomic E-state index is 13.8. The molecule has 0 aliphatic carbocycles. The molecule has 0 unspecified atom stereocenters. The van der Waals surface area contributed by atoms with E-state index in [0.29, 0.717) is 26.2 Å². The first-order valence-corrected chi connectivity index (χ1v) is 13.9. The van der Waals surface area contributed by atoms with Gasteiger partial charge in [0, 0.05) is 31.5 Å². The van der Waals surface area contributed by atoms with Crippen molar-refractivity contribution in [2.24, 2.45) is 5.92 Å². The molecular weight excluding hydrogens is 498 g/mol. The van der Waals surface area contributed by atoms with Crippen LogP contribution in [0, 0.1) is 5.92 Å². The first-order chi connectivity index (χ1) is 19.5. The normalized spacial score (nSPS) is 11.0. The Bertz CT molecular complexity index is 1320. The molecule has 0 atom stereocenters. The molecule has 0 fully saturated rings. The van der Waals surface area contributed by atoms with Gasteiger partial charge in [-0.3, -0.25) is 9.59 Å². The minimum Gasteiger partial charge on any atom is -0.367 e. The van der Waals surface area contributed by atoms with Crippen molar-refractivity contribution in [1.82, 2.24) is 14.4 Å². The van der Waals surface area contributed by atoms with Crippen LogP contribution in [0.4, 0.5) is 0 Å². The molecule has 208 valence electrons. The standard InChI is InChI=1S/C34H39N3O3/c1-28(2)21-36(34(39)27-40-26-31-17-10-5-11-18-31)25-33(38)37(23-30-15-8-4-9-16-30)24-32-19-12-20-35(32)22-29-13-6-3-7-14-29/h3-20,28H,21-27H2,1-2H3. The molecule has 3 aromatic carbocycles. The van der Waals surface area contributed by atoms with Crippen molar-refractivity contribution < 1.29 is 14.3 Å². The fourth-order valence-electron chi connectivity index (χ4n) is 4.64. The zero-order valence-electron chi connectivity index (χ0n) is 23.5. The Morgan fingerprint density at radius 1 is 0.700 bits per heavy atom. The fraction of sp³-hybridized carbons (Fsp3) is 0.294. The van der Waals surface area contributed by atoms with Gasteiger partial charge in [0.05, 0.1) is 19.7 Å². The molecule has 4 aromatic rings. The van der Waals surface area contributed by atoms with E-state index >= 15 is 0 Å². The van der Waals surface area contributed by atoms with E-state index in [2.05, 4.69) is 22.8 Å². The van der Waals surface area contributed by atoms with Crippen LogP contribution in [0.15, 0.2) is 109 Å². The van der Waals surface area contributed by atoms with E-state index in [1.165, 1.54) is 5.56 Å². The van der Waals surface area contributed by atoms with Gasteiger partial charge in [0.2, 0.25) is 11.8 Å². The van der Waals surface area contributed by atoms with Crippen LogP contribution < -0.4 is 0 Å². The first-order valence-electron chi connectivity index (χ1n) is 13.9. The molecule has 1 aromatic heterocycles. The van der Waals surface area contributed by atoms with Crippen LogP contribution in [-0.4, -0.2) is 45.9 Å². The Kier molecular flexibility index (Phi) is 10.7. The van der Waals surface area contributed by atoms with Crippen molar-refractivity contribution in [2.75, 3.05) is 19.7 Å². The monoisotopic (exact) mass is 537 g/mol. The second kappa shape index (κ2) is 14.8. The number of amides is 2. The van der Waals surface area contributed by atoms with E-state index in [1.807, 2.05) is 110 Å². The van der Waals surface area contributed by atoms with Crippen LogP contribution in [0.5, 0.6) is 0 Å². The SMILES string of the molecule is CC(C)CN(CC(=O)N(Cc1ccccc1)Cc1cccn1Cc1ccccc1)C(=O)COCc1ccccc1. The van der Waals surface area contributed by atoms with Gasteiger partial charge >= 0.3 is 0 Å². The molecule has 0 radical (unpaired) electrons. The maximum absolute atomic E-state index is 13.8. The minimum absolute atomic E-state index is 0.0118. The van der Waals surface area contributed by atoms with Crippen LogP contribution >= 0.6 is 0 Å². The molecule has 0 aliphatic heterocycles. The summed E-state index contributed by atoms with van der Waals surface area (Å²) in [6, 6.07) is 34.1. The highest BCUT2D eigenvalue weighted by Gasteiger charge is 2.23. The molecule has 0 saturated heterocycles. The summed E-state index contributed by atoms with van der Waals surface area (Å²) in [7, 11) is 0. The van der Waals surface area contributed by atoms with Gasteiger partial charge < -0.3 is 19.1 Å². The van der Waals surface area contributed by atoms with Crippen LogP contribution in [0.3, 0.4) is 0 Å². The van der Waals surface area contributed by atoms with Gasteiger partial charge in [-0.25, -0.2) is 0 Å². The van der Waals surface area contributed by atoms with Gasteiger partial charge in [0.25, 0.3) is 0 Å². The Hall–Kier alpha value is -4.16. The number of hydrogen-bond acceptors (Lipinski definition) is 3. The predicted octanol–water partition coefficient (Wildman–Crippen LogP) is 5.77. The molecule has 2 amide bonds. The van der Waals surface area contributed by atoms with Gasteiger partial charge in [-0.05, 0) is 34.7 Å². The zero-order chi connectivity index (χ0) is 28.2. The second-order valence-electron chi connectivity index (χ2n) is 10.5. The lowest BCUT2D eigenvalue weighted by molar-refractivity contribution is -0.144. The van der Waals surface area contributed by atoms with Crippen LogP contribution in [0.1, 0.15) is 36.2 Å². The topological polar surface area (TPSA) is 54.8 Å². The van der Waals surface area contributed by atoms with Gasteiger partial charge in [0.15, 0.2) is 0 Å². The molecule has 40 heavy (non-hydrogen) atoms. The first kappa shape index (κ1) is 28.8. The van der Waals surface area contributed by atoms with Gasteiger partial charge in [0.1, 0.15) is 6.61 Å². The molecule has 0 bridgehead atoms. The summed E-state index contributed by atoms with van der Waals surface area (Å²) in [5.41, 5.74) is 4.30. The largest absolute Gasteiger partial charge is 0.367 e. The highest BCUT2D eigenvalue weighted by atomic mass is 16.5. The molecule has 0 aliphatic rings. The average Bonchev–Trinajstić information content (AvgIpc) is 3.40. The summed E-state index contributed by atoms with van der Waals surface area (Å²) in [4.78, 5) is 30.5. The van der Waals surface area contributed by atoms with Crippen molar-refractivity contribution in [2.45, 2.75) is 40.1 Å². The molecular formula is C34H39N3O3. The third-order valence-corrected chi connectivity index (χ3v) is 6.64. The number of aromatic nitrogens is 1. The molecule has 6 heteroatoms. The van der Waals surface area contributed by atoms with E-state index in [0.717, 1.165) is 23.4 Å². The number of nitrogens with zero attached hydrogens (tertiary/aromatic N) is 3. The summed E-state index contributed by atoms with van der Waals surface area (Å²) in [5, 5.41) is 0. The molecule has 4 rings (SSSR count). The van der Waals surface area contributed by atoms with Crippen molar-refractivity contribution in [1.29, 1.82) is 0 Å². The van der Waals surface area contributed by atoms with Crippen LogP contribution in [0.25, 0.3) is 0 Å². The van der Waals surface area contributed by atoms with Gasteiger partial charge in [-0.15, -0.1) is 0 Å². The van der Waals surface area contributed by atoms with Gasteiger partial charge in [-0.1, -0.05) is 105 Å². The predicted molar refractivity (Wildman–Crippen MR) is 158 cm³/mol. The van der Waals surface area contributed by atoms with Crippen molar-refractivity contribution in [3.05, 3.63) is 132 Å². The Labute approximate surface area is 237 Å². The summed E-state index contributed by atoms with van der Waals surface area (Å²) in [5.74, 6) is -0.0463. The minimum atomic E-state index is -0.176. The number of rotatable bonds is 14. The lowest BCUT2D eigenvalue weighted by Crippen LogP contribution is -2.45. The van der Waals surface area contributed by atoms with E-state index < -0.39 is 0 Å². The number of carbonyl (C=O) groups is 2. The maximum Gasteiger partial charge on any atom is 0.249 e. The zero-order valence-corrected chi connectivity index (χ0v) is 23.5. The average molecular weight is 538 g/mol. The van der Waals surface area contributed by atoms with Crippen LogP contribution in [-0.2, 0) is 40.6 Å². The molecule has 0 spiro atoms. The molecule has 1 heterocycles. The van der Waals surface area contributed by atoms with Crippen LogP contribution in [0.2, 0.25) is 0 Å². The summed E-state index contributed by atoms with van der Waals surface area (Å²) in [6.45, 7) is 6.53. The third kappa shape index (κ3) is 8.95. The fourth-order valence-corrected chi connectivity index (χ4v) is 4.64. The molecule has 0 N–H and O–H groups in total. The van der Waals surface area contributed by atoms with E-state index in [1.54, 1.807) is 4.90 Å². The van der Waals surface area contributed by atoms with E-state index in [4.69, 9.17) is 4.74 Å². The van der Waals surface area contributed by atoms with E-state index in [9.17, 15) is 9.59 Å². The highest BCUT2D eigenvalue weighted by Crippen LogP contribution is 2.15. The number of hydrogen-bond donors (Lipinski definition) is 0. The number of ether oxygens (including phenoxy) is 1.